The van der Waals surface area contributed by atoms with Gasteiger partial charge in [-0.3, -0.25) is 4.79 Å². The van der Waals surface area contributed by atoms with E-state index in [9.17, 15) is 4.79 Å². The van der Waals surface area contributed by atoms with Gasteiger partial charge in [0, 0.05) is 6.42 Å². The molecule has 0 spiro atoms. The fourth-order valence-corrected chi connectivity index (χ4v) is 7.23. The number of benzene rings is 2. The van der Waals surface area contributed by atoms with Crippen molar-refractivity contribution in [1.29, 1.82) is 0 Å². The molecule has 0 saturated heterocycles. The lowest BCUT2D eigenvalue weighted by atomic mass is 9.49. The van der Waals surface area contributed by atoms with Gasteiger partial charge in [-0.1, -0.05) is 42.5 Å². The zero-order valence-electron chi connectivity index (χ0n) is 18.2. The molecule has 5 aliphatic rings. The highest BCUT2D eigenvalue weighted by atomic mass is 16.5. The molecule has 4 nitrogen and oxygen atoms in total. The minimum Gasteiger partial charge on any atom is -0.497 e. The van der Waals surface area contributed by atoms with Gasteiger partial charge in [-0.25, -0.2) is 5.01 Å². The predicted molar refractivity (Wildman–Crippen MR) is 121 cm³/mol. The molecule has 4 fully saturated rings. The van der Waals surface area contributed by atoms with Crippen molar-refractivity contribution in [3.05, 3.63) is 65.7 Å². The molecule has 4 bridgehead atoms. The van der Waals surface area contributed by atoms with Crippen LogP contribution in [0.2, 0.25) is 0 Å². The average molecular weight is 415 g/mol. The molecule has 1 atom stereocenters. The van der Waals surface area contributed by atoms with Gasteiger partial charge in [0.1, 0.15) is 5.75 Å². The Bertz CT molecular complexity index is 993. The van der Waals surface area contributed by atoms with E-state index in [-0.39, 0.29) is 17.4 Å². The van der Waals surface area contributed by atoms with E-state index < -0.39 is 0 Å². The number of hydrogen-bond donors (Lipinski definition) is 0. The number of carbonyl (C=O) groups is 1. The summed E-state index contributed by atoms with van der Waals surface area (Å²) in [6.45, 7) is 0. The van der Waals surface area contributed by atoms with Crippen LogP contribution in [0.15, 0.2) is 59.7 Å². The molecular formula is C27H30N2O2. The summed E-state index contributed by atoms with van der Waals surface area (Å²) in [5, 5.41) is 6.85. The Morgan fingerprint density at radius 3 is 2.29 bits per heavy atom. The fourth-order valence-electron chi connectivity index (χ4n) is 7.23. The lowest BCUT2D eigenvalue weighted by Gasteiger charge is -2.56. The Morgan fingerprint density at radius 2 is 1.65 bits per heavy atom. The molecule has 0 N–H and O–H groups in total. The zero-order valence-corrected chi connectivity index (χ0v) is 18.2. The van der Waals surface area contributed by atoms with Crippen LogP contribution in [0.5, 0.6) is 5.75 Å². The molecule has 31 heavy (non-hydrogen) atoms. The number of methoxy groups -OCH3 is 1. The van der Waals surface area contributed by atoms with E-state index in [0.717, 1.165) is 66.0 Å². The summed E-state index contributed by atoms with van der Waals surface area (Å²) in [5.41, 5.74) is 3.02. The van der Waals surface area contributed by atoms with Crippen LogP contribution in [0.3, 0.4) is 0 Å². The Kier molecular flexibility index (Phi) is 4.45. The van der Waals surface area contributed by atoms with Gasteiger partial charge in [0.05, 0.1) is 24.3 Å². The van der Waals surface area contributed by atoms with Crippen molar-refractivity contribution in [3.63, 3.8) is 0 Å². The van der Waals surface area contributed by atoms with Gasteiger partial charge in [-0.15, -0.1) is 0 Å². The van der Waals surface area contributed by atoms with E-state index in [1.54, 1.807) is 7.11 Å². The Balaban J connectivity index is 1.38. The summed E-state index contributed by atoms with van der Waals surface area (Å²) in [5.74, 6) is 3.32. The first-order chi connectivity index (χ1) is 15.1. The first-order valence-corrected chi connectivity index (χ1v) is 11.7. The van der Waals surface area contributed by atoms with Crippen LogP contribution in [0.4, 0.5) is 0 Å². The number of hydrazone groups is 1. The van der Waals surface area contributed by atoms with Crippen molar-refractivity contribution < 1.29 is 9.53 Å². The van der Waals surface area contributed by atoms with Crippen LogP contribution in [-0.2, 0) is 4.79 Å². The first kappa shape index (κ1) is 19.1. The Labute approximate surface area is 184 Å². The molecule has 1 aliphatic heterocycles. The minimum absolute atomic E-state index is 0.0641. The maximum Gasteiger partial charge on any atom is 0.249 e. The molecule has 1 amide bonds. The third kappa shape index (κ3) is 3.19. The lowest BCUT2D eigenvalue weighted by molar-refractivity contribution is -0.159. The topological polar surface area (TPSA) is 41.9 Å². The van der Waals surface area contributed by atoms with E-state index in [1.807, 2.05) is 35.3 Å². The molecular weight excluding hydrogens is 384 g/mol. The van der Waals surface area contributed by atoms with Crippen LogP contribution >= 0.6 is 0 Å². The monoisotopic (exact) mass is 414 g/mol. The highest BCUT2D eigenvalue weighted by molar-refractivity contribution is 6.03. The smallest absolute Gasteiger partial charge is 0.249 e. The third-order valence-electron chi connectivity index (χ3n) is 8.20. The number of ether oxygens (including phenoxy) is 1. The highest BCUT2D eigenvalue weighted by Gasteiger charge is 2.57. The highest BCUT2D eigenvalue weighted by Crippen LogP contribution is 2.61. The van der Waals surface area contributed by atoms with E-state index in [4.69, 9.17) is 9.84 Å². The molecule has 1 heterocycles. The van der Waals surface area contributed by atoms with E-state index >= 15 is 0 Å². The fraction of sp³-hybridized carbons (Fsp3) is 0.481. The van der Waals surface area contributed by atoms with Crippen LogP contribution in [0, 0.1) is 23.2 Å². The SMILES string of the molecule is COc1cccc(C2CC(c3ccccc3)=NN2C(=O)C23CC4CC(CC(C4)C2)C3)c1. The molecule has 4 heteroatoms. The molecule has 1 unspecified atom stereocenters. The number of nitrogens with zero attached hydrogens (tertiary/aromatic N) is 2. The van der Waals surface area contributed by atoms with Crippen LogP contribution in [0.25, 0.3) is 0 Å². The van der Waals surface area contributed by atoms with Crippen LogP contribution < -0.4 is 4.74 Å². The number of rotatable bonds is 4. The maximum atomic E-state index is 14.2. The molecule has 7 rings (SSSR count). The molecule has 4 aliphatic carbocycles. The van der Waals surface area contributed by atoms with Crippen molar-refractivity contribution >= 4 is 11.6 Å². The third-order valence-corrected chi connectivity index (χ3v) is 8.20. The predicted octanol–water partition coefficient (Wildman–Crippen LogP) is 5.59. The van der Waals surface area contributed by atoms with Crippen LogP contribution in [0.1, 0.15) is 62.1 Å². The van der Waals surface area contributed by atoms with Gasteiger partial charge in [-0.05, 0) is 79.5 Å². The quantitative estimate of drug-likeness (QED) is 0.654. The largest absolute Gasteiger partial charge is 0.497 e. The summed E-state index contributed by atoms with van der Waals surface area (Å²) in [6, 6.07) is 18.4. The second kappa shape index (κ2) is 7.22. The molecule has 0 aromatic heterocycles. The van der Waals surface area contributed by atoms with Gasteiger partial charge in [0.15, 0.2) is 0 Å². The number of carbonyl (C=O) groups excluding carboxylic acids is 1. The van der Waals surface area contributed by atoms with Crippen molar-refractivity contribution in [2.24, 2.45) is 28.3 Å². The second-order valence-corrected chi connectivity index (χ2v) is 10.3. The standard InChI is InChI=1S/C27H30N2O2/c1-31-23-9-5-8-22(13-23)25-14-24(21-6-3-2-4-7-21)28-29(25)26(30)27-15-18-10-19(16-27)12-20(11-18)17-27/h2-9,13,18-20,25H,10-12,14-17H2,1H3. The molecule has 2 aromatic rings. The second-order valence-electron chi connectivity index (χ2n) is 10.3. The maximum absolute atomic E-state index is 14.2. The summed E-state index contributed by atoms with van der Waals surface area (Å²) in [7, 11) is 1.69. The van der Waals surface area contributed by atoms with E-state index in [1.165, 1.54) is 19.3 Å². The Hall–Kier alpha value is -2.62. The van der Waals surface area contributed by atoms with Gasteiger partial charge in [0.2, 0.25) is 5.91 Å². The normalized spacial score (nSPS) is 33.5. The van der Waals surface area contributed by atoms with Crippen molar-refractivity contribution in [2.75, 3.05) is 7.11 Å². The van der Waals surface area contributed by atoms with Crippen LogP contribution in [-0.4, -0.2) is 23.7 Å². The number of hydrogen-bond acceptors (Lipinski definition) is 3. The van der Waals surface area contributed by atoms with Gasteiger partial charge < -0.3 is 4.74 Å². The minimum atomic E-state index is -0.193. The lowest BCUT2D eigenvalue weighted by Crippen LogP contribution is -2.53. The summed E-state index contributed by atoms with van der Waals surface area (Å²) < 4.78 is 5.48. The van der Waals surface area contributed by atoms with Gasteiger partial charge in [-0.2, -0.15) is 5.10 Å². The van der Waals surface area contributed by atoms with E-state index in [0.29, 0.717) is 0 Å². The molecule has 0 radical (unpaired) electrons. The molecule has 2 aromatic carbocycles. The van der Waals surface area contributed by atoms with Crippen molar-refractivity contribution in [2.45, 2.75) is 51.0 Å². The first-order valence-electron chi connectivity index (χ1n) is 11.7. The molecule has 160 valence electrons. The number of amides is 1. The molecule has 4 saturated carbocycles. The summed E-state index contributed by atoms with van der Waals surface area (Å²) >= 11 is 0. The summed E-state index contributed by atoms with van der Waals surface area (Å²) in [4.78, 5) is 14.2. The van der Waals surface area contributed by atoms with E-state index in [2.05, 4.69) is 24.3 Å². The van der Waals surface area contributed by atoms with Crippen molar-refractivity contribution in [3.8, 4) is 5.75 Å². The van der Waals surface area contributed by atoms with Crippen molar-refractivity contribution in [1.82, 2.24) is 5.01 Å². The average Bonchev–Trinajstić information content (AvgIpc) is 3.24. The summed E-state index contributed by atoms with van der Waals surface area (Å²) in [6.07, 6.45) is 7.95. The Morgan fingerprint density at radius 1 is 0.968 bits per heavy atom. The van der Waals surface area contributed by atoms with Gasteiger partial charge >= 0.3 is 0 Å². The van der Waals surface area contributed by atoms with Gasteiger partial charge in [0.25, 0.3) is 0 Å². The zero-order chi connectivity index (χ0) is 21.0.